The quantitative estimate of drug-likeness (QED) is 0.892. The van der Waals surface area contributed by atoms with Gasteiger partial charge in [-0.3, -0.25) is 4.79 Å². The van der Waals surface area contributed by atoms with Crippen LogP contribution in [0.25, 0.3) is 0 Å². The Kier molecular flexibility index (Phi) is 5.40. The molecule has 2 aromatic rings. The van der Waals surface area contributed by atoms with Crippen LogP contribution < -0.4 is 10.6 Å². The van der Waals surface area contributed by atoms with Crippen molar-refractivity contribution in [3.8, 4) is 0 Å². The molecule has 0 bridgehead atoms. The van der Waals surface area contributed by atoms with E-state index in [2.05, 4.69) is 39.1 Å². The Balaban J connectivity index is 1.57. The van der Waals surface area contributed by atoms with E-state index in [9.17, 15) is 4.79 Å². The fourth-order valence-electron chi connectivity index (χ4n) is 3.65. The van der Waals surface area contributed by atoms with E-state index in [0.29, 0.717) is 12.3 Å². The molecule has 1 aliphatic heterocycles. The van der Waals surface area contributed by atoms with E-state index in [-0.39, 0.29) is 11.9 Å². The Morgan fingerprint density at radius 1 is 1.23 bits per heavy atom. The second kappa shape index (κ2) is 7.72. The normalized spacial score (nSPS) is 16.7. The first-order chi connectivity index (χ1) is 12.4. The third-order valence-corrected chi connectivity index (χ3v) is 5.13. The molecule has 1 aromatic carbocycles. The number of aryl methyl sites for hydroxylation is 2. The molecule has 0 aliphatic carbocycles. The van der Waals surface area contributed by atoms with Crippen LogP contribution >= 0.6 is 0 Å². The van der Waals surface area contributed by atoms with E-state index in [4.69, 9.17) is 5.73 Å². The summed E-state index contributed by atoms with van der Waals surface area (Å²) in [4.78, 5) is 25.3. The Morgan fingerprint density at radius 2 is 1.88 bits per heavy atom. The number of nitrogens with two attached hydrogens (primary N) is 1. The van der Waals surface area contributed by atoms with Gasteiger partial charge in [-0.25, -0.2) is 9.97 Å². The van der Waals surface area contributed by atoms with Crippen LogP contribution in [0.3, 0.4) is 0 Å². The van der Waals surface area contributed by atoms with Crippen LogP contribution in [0.2, 0.25) is 0 Å². The molecule has 2 N–H and O–H groups in total. The van der Waals surface area contributed by atoms with Crippen molar-refractivity contribution in [3.05, 3.63) is 47.3 Å². The highest BCUT2D eigenvalue weighted by Crippen LogP contribution is 2.24. The van der Waals surface area contributed by atoms with Crippen molar-refractivity contribution in [3.63, 3.8) is 0 Å². The van der Waals surface area contributed by atoms with Gasteiger partial charge in [0.2, 0.25) is 11.9 Å². The summed E-state index contributed by atoms with van der Waals surface area (Å²) in [7, 11) is 1.89. The van der Waals surface area contributed by atoms with E-state index < -0.39 is 0 Å². The molecule has 3 rings (SSSR count). The molecule has 0 radical (unpaired) electrons. The van der Waals surface area contributed by atoms with Gasteiger partial charge in [0, 0.05) is 49.3 Å². The first-order valence-corrected chi connectivity index (χ1v) is 9.07. The average molecular weight is 353 g/mol. The number of nitrogen functional groups attached to an aromatic ring is 1. The van der Waals surface area contributed by atoms with Crippen molar-refractivity contribution in [1.82, 2.24) is 14.9 Å². The summed E-state index contributed by atoms with van der Waals surface area (Å²) in [5, 5.41) is 0. The molecule has 26 heavy (non-hydrogen) atoms. The molecule has 138 valence electrons. The van der Waals surface area contributed by atoms with Crippen LogP contribution in [0.15, 0.2) is 30.3 Å². The van der Waals surface area contributed by atoms with E-state index in [1.165, 1.54) is 5.69 Å². The lowest BCUT2D eigenvalue weighted by molar-refractivity contribution is -0.129. The van der Waals surface area contributed by atoms with Crippen molar-refractivity contribution in [1.29, 1.82) is 0 Å². The maximum atomic E-state index is 12.7. The monoisotopic (exact) mass is 353 g/mol. The van der Waals surface area contributed by atoms with Crippen LogP contribution in [0.5, 0.6) is 0 Å². The van der Waals surface area contributed by atoms with Crippen molar-refractivity contribution in [2.45, 2.75) is 26.7 Å². The number of benzene rings is 1. The van der Waals surface area contributed by atoms with Crippen LogP contribution in [0, 0.1) is 19.8 Å². The van der Waals surface area contributed by atoms with Gasteiger partial charge in [-0.15, -0.1) is 0 Å². The number of likely N-dealkylation sites (N-methyl/N-ethyl adjacent to an activating group) is 1. The smallest absolute Gasteiger partial charge is 0.226 e. The average Bonchev–Trinajstić information content (AvgIpc) is 3.07. The molecule has 0 saturated carbocycles. The zero-order valence-corrected chi connectivity index (χ0v) is 15.8. The number of anilines is 2. The van der Waals surface area contributed by atoms with Gasteiger partial charge in [0.1, 0.15) is 0 Å². The van der Waals surface area contributed by atoms with Gasteiger partial charge in [0.15, 0.2) is 0 Å². The topological polar surface area (TPSA) is 75.3 Å². The predicted molar refractivity (Wildman–Crippen MR) is 104 cm³/mol. The predicted octanol–water partition coefficient (Wildman–Crippen LogP) is 2.20. The number of aromatic nitrogens is 2. The summed E-state index contributed by atoms with van der Waals surface area (Å²) in [6.07, 6.45) is 1.43. The summed E-state index contributed by atoms with van der Waals surface area (Å²) >= 11 is 0. The zero-order chi connectivity index (χ0) is 18.7. The fourth-order valence-corrected chi connectivity index (χ4v) is 3.65. The van der Waals surface area contributed by atoms with E-state index in [1.807, 2.05) is 31.9 Å². The number of rotatable bonds is 5. The number of para-hydroxylation sites is 1. The van der Waals surface area contributed by atoms with Gasteiger partial charge in [-0.1, -0.05) is 18.2 Å². The van der Waals surface area contributed by atoms with Crippen LogP contribution in [-0.4, -0.2) is 47.5 Å². The van der Waals surface area contributed by atoms with E-state index >= 15 is 0 Å². The standard InChI is InChI=1S/C20H27N5O/c1-14-18(15(2)23-20(21)22-14)11-19(26)24(3)12-16-9-10-25(13-16)17-7-5-4-6-8-17/h4-8,16H,9-13H2,1-3H3,(H2,21,22,23)/t16-/m0/s1. The molecular formula is C20H27N5O. The first-order valence-electron chi connectivity index (χ1n) is 9.07. The van der Waals surface area contributed by atoms with Crippen molar-refractivity contribution in [2.24, 2.45) is 5.92 Å². The minimum Gasteiger partial charge on any atom is -0.371 e. The highest BCUT2D eigenvalue weighted by molar-refractivity contribution is 5.79. The molecule has 0 unspecified atom stereocenters. The molecule has 6 heteroatoms. The second-order valence-electron chi connectivity index (χ2n) is 7.12. The third kappa shape index (κ3) is 4.12. The molecule has 1 atom stereocenters. The molecule has 0 spiro atoms. The van der Waals surface area contributed by atoms with Crippen LogP contribution in [0.1, 0.15) is 23.4 Å². The fraction of sp³-hybridized carbons (Fsp3) is 0.450. The molecular weight excluding hydrogens is 326 g/mol. The highest BCUT2D eigenvalue weighted by atomic mass is 16.2. The number of amides is 1. The third-order valence-electron chi connectivity index (χ3n) is 5.13. The molecule has 1 saturated heterocycles. The lowest BCUT2D eigenvalue weighted by Gasteiger charge is -2.23. The lowest BCUT2D eigenvalue weighted by atomic mass is 10.1. The number of carbonyl (C=O) groups is 1. The molecule has 1 amide bonds. The summed E-state index contributed by atoms with van der Waals surface area (Å²) < 4.78 is 0. The Morgan fingerprint density at radius 3 is 2.54 bits per heavy atom. The summed E-state index contributed by atoms with van der Waals surface area (Å²) in [6.45, 7) is 6.56. The van der Waals surface area contributed by atoms with Crippen LogP contribution in [-0.2, 0) is 11.2 Å². The number of nitrogens with zero attached hydrogens (tertiary/aromatic N) is 4. The minimum absolute atomic E-state index is 0.0998. The van der Waals surface area contributed by atoms with Gasteiger partial charge >= 0.3 is 0 Å². The lowest BCUT2D eigenvalue weighted by Crippen LogP contribution is -2.34. The minimum atomic E-state index is 0.0998. The van der Waals surface area contributed by atoms with E-state index in [1.54, 1.807) is 0 Å². The summed E-state index contributed by atoms with van der Waals surface area (Å²) in [6, 6.07) is 10.5. The van der Waals surface area contributed by atoms with Gasteiger partial charge in [0.05, 0.1) is 6.42 Å². The maximum absolute atomic E-state index is 12.7. The Labute approximate surface area is 155 Å². The molecule has 6 nitrogen and oxygen atoms in total. The summed E-state index contributed by atoms with van der Waals surface area (Å²) in [5.74, 6) is 0.855. The SMILES string of the molecule is Cc1nc(N)nc(C)c1CC(=O)N(C)C[C@@H]1CCN(c2ccccc2)C1. The first kappa shape index (κ1) is 18.2. The second-order valence-corrected chi connectivity index (χ2v) is 7.12. The Hall–Kier alpha value is -2.63. The van der Waals surface area contributed by atoms with Crippen molar-refractivity contribution in [2.75, 3.05) is 37.3 Å². The number of hydrogen-bond acceptors (Lipinski definition) is 5. The van der Waals surface area contributed by atoms with Gasteiger partial charge < -0.3 is 15.5 Å². The number of carbonyl (C=O) groups excluding carboxylic acids is 1. The summed E-state index contributed by atoms with van der Waals surface area (Å²) in [5.41, 5.74) is 9.38. The highest BCUT2D eigenvalue weighted by Gasteiger charge is 2.25. The van der Waals surface area contributed by atoms with Crippen LogP contribution in [0.4, 0.5) is 11.6 Å². The van der Waals surface area contributed by atoms with Crippen molar-refractivity contribution < 1.29 is 4.79 Å². The van der Waals surface area contributed by atoms with Gasteiger partial charge in [0.25, 0.3) is 0 Å². The Bertz CT molecular complexity index is 754. The van der Waals surface area contributed by atoms with Crippen molar-refractivity contribution >= 4 is 17.5 Å². The number of hydrogen-bond donors (Lipinski definition) is 1. The maximum Gasteiger partial charge on any atom is 0.226 e. The zero-order valence-electron chi connectivity index (χ0n) is 15.8. The largest absolute Gasteiger partial charge is 0.371 e. The van der Waals surface area contributed by atoms with E-state index in [0.717, 1.165) is 43.0 Å². The molecule has 2 heterocycles. The van der Waals surface area contributed by atoms with Gasteiger partial charge in [-0.05, 0) is 38.3 Å². The molecule has 1 aromatic heterocycles. The molecule has 1 aliphatic rings. The molecule has 1 fully saturated rings. The van der Waals surface area contributed by atoms with Gasteiger partial charge in [-0.2, -0.15) is 0 Å².